The van der Waals surface area contributed by atoms with Crippen LogP contribution >= 0.6 is 0 Å². The first-order chi connectivity index (χ1) is 13.1. The second-order valence-corrected chi connectivity index (χ2v) is 6.26. The molecule has 0 radical (unpaired) electrons. The van der Waals surface area contributed by atoms with Gasteiger partial charge in [-0.05, 0) is 66.6 Å². The molecular formula is C22H17FN2O2. The van der Waals surface area contributed by atoms with Crippen molar-refractivity contribution in [2.24, 2.45) is 0 Å². The average Bonchev–Trinajstić information content (AvgIpc) is 3.12. The van der Waals surface area contributed by atoms with Crippen LogP contribution in [0, 0.1) is 5.82 Å². The predicted octanol–water partition coefficient (Wildman–Crippen LogP) is 5.45. The van der Waals surface area contributed by atoms with E-state index in [0.717, 1.165) is 17.7 Å². The summed E-state index contributed by atoms with van der Waals surface area (Å²) in [4.78, 5) is 12.7. The molecule has 1 N–H and O–H groups in total. The molecule has 4 aromatic rings. The molecule has 1 heterocycles. The van der Waals surface area contributed by atoms with E-state index < -0.39 is 0 Å². The van der Waals surface area contributed by atoms with Gasteiger partial charge in [0.05, 0.1) is 5.39 Å². The highest BCUT2D eigenvalue weighted by molar-refractivity contribution is 6.07. The number of aryl methyl sites for hydroxylation is 1. The van der Waals surface area contributed by atoms with Gasteiger partial charge in [0.25, 0.3) is 5.91 Å². The van der Waals surface area contributed by atoms with E-state index in [2.05, 4.69) is 17.4 Å². The highest BCUT2D eigenvalue weighted by Crippen LogP contribution is 2.29. The Morgan fingerprint density at radius 1 is 1.07 bits per heavy atom. The van der Waals surface area contributed by atoms with Crippen LogP contribution in [-0.4, -0.2) is 11.1 Å². The number of hydrogen-bond acceptors (Lipinski definition) is 3. The molecule has 1 amide bonds. The quantitative estimate of drug-likeness (QED) is 0.526. The average molecular weight is 360 g/mol. The molecule has 0 atom stereocenters. The number of carbonyl (C=O) groups is 1. The molecule has 4 nitrogen and oxygen atoms in total. The fraction of sp³-hybridized carbons (Fsp3) is 0.0909. The molecule has 1 aromatic heterocycles. The lowest BCUT2D eigenvalue weighted by atomic mass is 10.1. The summed E-state index contributed by atoms with van der Waals surface area (Å²) >= 11 is 0. The van der Waals surface area contributed by atoms with Crippen molar-refractivity contribution in [3.8, 4) is 11.3 Å². The summed E-state index contributed by atoms with van der Waals surface area (Å²) in [5.41, 5.74) is 3.74. The summed E-state index contributed by atoms with van der Waals surface area (Å²) in [7, 11) is 0. The van der Waals surface area contributed by atoms with E-state index in [4.69, 9.17) is 4.52 Å². The maximum atomic E-state index is 13.2. The van der Waals surface area contributed by atoms with Gasteiger partial charge in [-0.3, -0.25) is 4.79 Å². The predicted molar refractivity (Wildman–Crippen MR) is 103 cm³/mol. The Morgan fingerprint density at radius 3 is 2.67 bits per heavy atom. The maximum Gasteiger partial charge on any atom is 0.255 e. The molecule has 0 saturated carbocycles. The largest absolute Gasteiger partial charge is 0.355 e. The third kappa shape index (κ3) is 3.44. The molecule has 134 valence electrons. The number of nitrogens with zero attached hydrogens (tertiary/aromatic N) is 1. The number of hydrogen-bond donors (Lipinski definition) is 1. The minimum Gasteiger partial charge on any atom is -0.355 e. The van der Waals surface area contributed by atoms with Crippen molar-refractivity contribution in [3.05, 3.63) is 83.7 Å². The monoisotopic (exact) mass is 360 g/mol. The number of amides is 1. The lowest BCUT2D eigenvalue weighted by Gasteiger charge is -2.07. The van der Waals surface area contributed by atoms with E-state index in [0.29, 0.717) is 27.8 Å². The zero-order valence-corrected chi connectivity index (χ0v) is 14.7. The first-order valence-electron chi connectivity index (χ1n) is 8.69. The Bertz CT molecular complexity index is 1120. The molecule has 0 aliphatic heterocycles. The smallest absolute Gasteiger partial charge is 0.255 e. The molecule has 0 fully saturated rings. The third-order valence-corrected chi connectivity index (χ3v) is 4.44. The summed E-state index contributed by atoms with van der Waals surface area (Å²) in [6.45, 7) is 2.07. The molecule has 27 heavy (non-hydrogen) atoms. The zero-order chi connectivity index (χ0) is 18.8. The van der Waals surface area contributed by atoms with E-state index in [1.54, 1.807) is 30.3 Å². The van der Waals surface area contributed by atoms with E-state index in [1.165, 1.54) is 12.1 Å². The Hall–Kier alpha value is -3.47. The van der Waals surface area contributed by atoms with Crippen LogP contribution in [-0.2, 0) is 6.42 Å². The summed E-state index contributed by atoms with van der Waals surface area (Å²) in [5.74, 6) is -0.0269. The minimum absolute atomic E-state index is 0.212. The normalized spacial score (nSPS) is 10.9. The van der Waals surface area contributed by atoms with E-state index in [1.807, 2.05) is 24.3 Å². The number of aromatic nitrogens is 1. The number of nitrogens with one attached hydrogen (secondary N) is 1. The molecule has 5 heteroatoms. The first kappa shape index (κ1) is 17.0. The lowest BCUT2D eigenvalue weighted by Crippen LogP contribution is -2.11. The van der Waals surface area contributed by atoms with Crippen LogP contribution in [0.15, 0.2) is 71.3 Å². The fourth-order valence-electron chi connectivity index (χ4n) is 2.96. The van der Waals surface area contributed by atoms with Crippen LogP contribution < -0.4 is 5.32 Å². The summed E-state index contributed by atoms with van der Waals surface area (Å²) < 4.78 is 18.6. The molecule has 0 aliphatic carbocycles. The number of benzene rings is 3. The van der Waals surface area contributed by atoms with Gasteiger partial charge in [-0.2, -0.15) is 0 Å². The van der Waals surface area contributed by atoms with E-state index in [9.17, 15) is 9.18 Å². The van der Waals surface area contributed by atoms with Crippen molar-refractivity contribution in [1.29, 1.82) is 0 Å². The van der Waals surface area contributed by atoms with Crippen LogP contribution in [0.25, 0.3) is 22.2 Å². The molecule has 3 aromatic carbocycles. The Morgan fingerprint density at radius 2 is 1.89 bits per heavy atom. The molecule has 0 aliphatic rings. The van der Waals surface area contributed by atoms with E-state index >= 15 is 0 Å². The van der Waals surface area contributed by atoms with Gasteiger partial charge in [0.1, 0.15) is 11.3 Å². The Labute approximate surface area is 155 Å². The van der Waals surface area contributed by atoms with Crippen molar-refractivity contribution in [2.45, 2.75) is 13.3 Å². The molecule has 0 bridgehead atoms. The van der Waals surface area contributed by atoms with Crippen molar-refractivity contribution in [2.75, 3.05) is 5.32 Å². The molecule has 0 spiro atoms. The summed E-state index contributed by atoms with van der Waals surface area (Å²) in [6, 6.07) is 18.9. The Balaban J connectivity index is 1.67. The van der Waals surface area contributed by atoms with Gasteiger partial charge in [-0.1, -0.05) is 24.2 Å². The molecule has 0 unspecified atom stereocenters. The highest BCUT2D eigenvalue weighted by Gasteiger charge is 2.14. The van der Waals surface area contributed by atoms with Crippen LogP contribution in [0.3, 0.4) is 0 Å². The fourth-order valence-corrected chi connectivity index (χ4v) is 2.96. The lowest BCUT2D eigenvalue weighted by molar-refractivity contribution is 0.102. The summed E-state index contributed by atoms with van der Waals surface area (Å²) in [5, 5.41) is 7.65. The van der Waals surface area contributed by atoms with Gasteiger partial charge >= 0.3 is 0 Å². The zero-order valence-electron chi connectivity index (χ0n) is 14.7. The number of fused-ring (bicyclic) bond motifs is 1. The van der Waals surface area contributed by atoms with Crippen molar-refractivity contribution in [3.63, 3.8) is 0 Å². The van der Waals surface area contributed by atoms with Crippen LogP contribution in [0.2, 0.25) is 0 Å². The SMILES string of the molecule is CCc1cccc(NC(=O)c2ccc3noc(-c4ccc(F)cc4)c3c2)c1. The summed E-state index contributed by atoms with van der Waals surface area (Å²) in [6.07, 6.45) is 0.900. The molecular weight excluding hydrogens is 343 g/mol. The number of rotatable bonds is 4. The topological polar surface area (TPSA) is 55.1 Å². The second-order valence-electron chi connectivity index (χ2n) is 6.26. The van der Waals surface area contributed by atoms with Gasteiger partial charge in [-0.15, -0.1) is 0 Å². The van der Waals surface area contributed by atoms with Crippen molar-refractivity contribution >= 4 is 22.5 Å². The number of anilines is 1. The van der Waals surface area contributed by atoms with Crippen molar-refractivity contribution < 1.29 is 13.7 Å². The van der Waals surface area contributed by atoms with E-state index in [-0.39, 0.29) is 11.7 Å². The van der Waals surface area contributed by atoms with Gasteiger partial charge in [0.15, 0.2) is 5.76 Å². The number of carbonyl (C=O) groups excluding carboxylic acids is 1. The second kappa shape index (κ2) is 7.03. The van der Waals surface area contributed by atoms with Crippen LogP contribution in [0.4, 0.5) is 10.1 Å². The minimum atomic E-state index is -0.322. The highest BCUT2D eigenvalue weighted by atomic mass is 19.1. The third-order valence-electron chi connectivity index (χ3n) is 4.44. The number of halogens is 1. The molecule has 0 saturated heterocycles. The van der Waals surface area contributed by atoms with Gasteiger partial charge in [-0.25, -0.2) is 4.39 Å². The maximum absolute atomic E-state index is 13.2. The van der Waals surface area contributed by atoms with Crippen LogP contribution in [0.1, 0.15) is 22.8 Å². The van der Waals surface area contributed by atoms with Gasteiger partial charge in [0.2, 0.25) is 0 Å². The molecule has 4 rings (SSSR count). The van der Waals surface area contributed by atoms with Crippen molar-refractivity contribution in [1.82, 2.24) is 5.16 Å². The van der Waals surface area contributed by atoms with Gasteiger partial charge < -0.3 is 9.84 Å². The standard InChI is InChI=1S/C22H17FN2O2/c1-2-14-4-3-5-18(12-14)24-22(26)16-8-11-20-19(13-16)21(27-25-20)15-6-9-17(23)10-7-15/h3-13H,2H2,1H3,(H,24,26). The van der Waals surface area contributed by atoms with Crippen LogP contribution in [0.5, 0.6) is 0 Å². The Kier molecular flexibility index (Phi) is 4.42. The first-order valence-corrected chi connectivity index (χ1v) is 8.69. The van der Waals surface area contributed by atoms with Gasteiger partial charge in [0, 0.05) is 16.8 Å².